The minimum absolute atomic E-state index is 0.219. The van der Waals surface area contributed by atoms with Crippen LogP contribution in [0.1, 0.15) is 27.0 Å². The number of amides is 1. The molecule has 150 valence electrons. The molecular weight excluding hydrogens is 408 g/mol. The van der Waals surface area contributed by atoms with Crippen molar-refractivity contribution in [2.24, 2.45) is 0 Å². The van der Waals surface area contributed by atoms with E-state index in [-0.39, 0.29) is 22.9 Å². The SMILES string of the molecule is Cc1ccc(CNC(=O)c2ccccc2NS(=O)(=O)Cc2ccc(Cl)cc2)cc1. The third-order valence-corrected chi connectivity index (χ3v) is 5.78. The van der Waals surface area contributed by atoms with E-state index in [9.17, 15) is 13.2 Å². The van der Waals surface area contributed by atoms with Crippen molar-refractivity contribution < 1.29 is 13.2 Å². The number of para-hydroxylation sites is 1. The van der Waals surface area contributed by atoms with Crippen LogP contribution in [0.25, 0.3) is 0 Å². The molecule has 0 aliphatic heterocycles. The van der Waals surface area contributed by atoms with Gasteiger partial charge < -0.3 is 5.32 Å². The van der Waals surface area contributed by atoms with Gasteiger partial charge in [-0.15, -0.1) is 0 Å². The van der Waals surface area contributed by atoms with Crippen molar-refractivity contribution in [2.75, 3.05) is 4.72 Å². The highest BCUT2D eigenvalue weighted by atomic mass is 35.5. The maximum Gasteiger partial charge on any atom is 0.253 e. The van der Waals surface area contributed by atoms with Crippen LogP contribution in [-0.2, 0) is 22.3 Å². The van der Waals surface area contributed by atoms with Crippen molar-refractivity contribution in [3.63, 3.8) is 0 Å². The minimum atomic E-state index is -3.70. The summed E-state index contributed by atoms with van der Waals surface area (Å²) in [5.74, 6) is -0.570. The van der Waals surface area contributed by atoms with Gasteiger partial charge >= 0.3 is 0 Å². The topological polar surface area (TPSA) is 75.3 Å². The van der Waals surface area contributed by atoms with E-state index in [1.807, 2.05) is 31.2 Å². The Morgan fingerprint density at radius 3 is 2.21 bits per heavy atom. The van der Waals surface area contributed by atoms with Gasteiger partial charge in [0, 0.05) is 11.6 Å². The van der Waals surface area contributed by atoms with Crippen LogP contribution >= 0.6 is 11.6 Å². The first-order chi connectivity index (χ1) is 13.8. The highest BCUT2D eigenvalue weighted by Gasteiger charge is 2.17. The Balaban J connectivity index is 1.71. The first-order valence-corrected chi connectivity index (χ1v) is 11.0. The fraction of sp³-hybridized carbons (Fsp3) is 0.136. The van der Waals surface area contributed by atoms with E-state index in [2.05, 4.69) is 10.0 Å². The van der Waals surface area contributed by atoms with E-state index in [1.54, 1.807) is 48.5 Å². The molecule has 29 heavy (non-hydrogen) atoms. The summed E-state index contributed by atoms with van der Waals surface area (Å²) < 4.78 is 27.6. The number of sulfonamides is 1. The molecule has 0 atom stereocenters. The molecule has 0 spiro atoms. The summed E-state index contributed by atoms with van der Waals surface area (Å²) in [5, 5.41) is 3.37. The summed E-state index contributed by atoms with van der Waals surface area (Å²) in [6, 6.07) is 20.9. The maximum atomic E-state index is 12.6. The molecule has 0 saturated carbocycles. The summed E-state index contributed by atoms with van der Waals surface area (Å²) in [4.78, 5) is 12.6. The summed E-state index contributed by atoms with van der Waals surface area (Å²) >= 11 is 5.84. The van der Waals surface area contributed by atoms with Gasteiger partial charge in [-0.25, -0.2) is 8.42 Å². The molecule has 2 N–H and O–H groups in total. The third-order valence-electron chi connectivity index (χ3n) is 4.28. The van der Waals surface area contributed by atoms with E-state index < -0.39 is 10.0 Å². The highest BCUT2D eigenvalue weighted by Crippen LogP contribution is 2.19. The van der Waals surface area contributed by atoms with Crippen LogP contribution in [0.2, 0.25) is 5.02 Å². The van der Waals surface area contributed by atoms with Crippen molar-refractivity contribution in [3.8, 4) is 0 Å². The number of benzene rings is 3. The molecule has 0 heterocycles. The van der Waals surface area contributed by atoms with Gasteiger partial charge in [0.15, 0.2) is 0 Å². The monoisotopic (exact) mass is 428 g/mol. The zero-order valence-corrected chi connectivity index (χ0v) is 17.4. The van der Waals surface area contributed by atoms with Crippen molar-refractivity contribution in [2.45, 2.75) is 19.2 Å². The number of hydrogen-bond donors (Lipinski definition) is 2. The van der Waals surface area contributed by atoms with Gasteiger partial charge in [-0.05, 0) is 42.3 Å². The van der Waals surface area contributed by atoms with Crippen molar-refractivity contribution in [1.29, 1.82) is 0 Å². The molecule has 1 amide bonds. The smallest absolute Gasteiger partial charge is 0.253 e. The van der Waals surface area contributed by atoms with Crippen LogP contribution in [0.3, 0.4) is 0 Å². The Hall–Kier alpha value is -2.83. The largest absolute Gasteiger partial charge is 0.348 e. The Bertz CT molecular complexity index is 1100. The third kappa shape index (κ3) is 6.07. The fourth-order valence-electron chi connectivity index (χ4n) is 2.76. The van der Waals surface area contributed by atoms with E-state index >= 15 is 0 Å². The molecule has 0 bridgehead atoms. The normalized spacial score (nSPS) is 11.1. The summed E-state index contributed by atoms with van der Waals surface area (Å²) in [7, 11) is -3.70. The Morgan fingerprint density at radius 1 is 0.897 bits per heavy atom. The van der Waals surface area contributed by atoms with Gasteiger partial charge in [-0.1, -0.05) is 65.7 Å². The Labute approximate surface area is 175 Å². The lowest BCUT2D eigenvalue weighted by Crippen LogP contribution is -2.25. The number of nitrogens with one attached hydrogen (secondary N) is 2. The second kappa shape index (κ2) is 9.11. The predicted octanol–water partition coefficient (Wildman–Crippen LogP) is 4.52. The molecule has 5 nitrogen and oxygen atoms in total. The molecular formula is C22H21ClN2O3S. The van der Waals surface area contributed by atoms with Crippen molar-refractivity contribution in [1.82, 2.24) is 5.32 Å². The lowest BCUT2D eigenvalue weighted by atomic mass is 10.1. The summed E-state index contributed by atoms with van der Waals surface area (Å²) in [6.45, 7) is 2.35. The number of carbonyl (C=O) groups is 1. The van der Waals surface area contributed by atoms with Crippen molar-refractivity contribution >= 4 is 33.2 Å². The molecule has 3 rings (SSSR count). The predicted molar refractivity (Wildman–Crippen MR) is 116 cm³/mol. The minimum Gasteiger partial charge on any atom is -0.348 e. The summed E-state index contributed by atoms with van der Waals surface area (Å²) in [5.41, 5.74) is 3.20. The number of halogens is 1. The van der Waals surface area contributed by atoms with E-state index in [0.29, 0.717) is 17.1 Å². The number of carbonyl (C=O) groups excluding carboxylic acids is 1. The molecule has 0 radical (unpaired) electrons. The van der Waals surface area contributed by atoms with Crippen LogP contribution < -0.4 is 10.0 Å². The number of anilines is 1. The average molecular weight is 429 g/mol. The van der Waals surface area contributed by atoms with E-state index in [1.165, 1.54) is 0 Å². The standard InChI is InChI=1S/C22H21ClN2O3S/c1-16-6-8-17(9-7-16)14-24-22(26)20-4-2-3-5-21(20)25-29(27,28)15-18-10-12-19(23)13-11-18/h2-13,25H,14-15H2,1H3,(H,24,26). The number of rotatable bonds is 7. The molecule has 3 aromatic carbocycles. The molecule has 3 aromatic rings. The van der Waals surface area contributed by atoms with Crippen LogP contribution in [0.15, 0.2) is 72.8 Å². The highest BCUT2D eigenvalue weighted by molar-refractivity contribution is 7.91. The molecule has 0 aliphatic rings. The zero-order valence-electron chi connectivity index (χ0n) is 15.9. The van der Waals surface area contributed by atoms with Crippen LogP contribution in [0, 0.1) is 6.92 Å². The van der Waals surface area contributed by atoms with Gasteiger partial charge in [0.05, 0.1) is 17.0 Å². The second-order valence-corrected chi connectivity index (χ2v) is 8.86. The van der Waals surface area contributed by atoms with Gasteiger partial charge in [-0.3, -0.25) is 9.52 Å². The zero-order chi connectivity index (χ0) is 20.9. The molecule has 0 fully saturated rings. The van der Waals surface area contributed by atoms with Gasteiger partial charge in [-0.2, -0.15) is 0 Å². The Morgan fingerprint density at radius 2 is 1.52 bits per heavy atom. The molecule has 0 aromatic heterocycles. The molecule has 7 heteroatoms. The lowest BCUT2D eigenvalue weighted by Gasteiger charge is -2.13. The van der Waals surface area contributed by atoms with Crippen molar-refractivity contribution in [3.05, 3.63) is 100 Å². The number of hydrogen-bond acceptors (Lipinski definition) is 3. The second-order valence-electron chi connectivity index (χ2n) is 6.70. The van der Waals surface area contributed by atoms with E-state index in [4.69, 9.17) is 11.6 Å². The molecule has 0 aliphatic carbocycles. The van der Waals surface area contributed by atoms with Crippen LogP contribution in [-0.4, -0.2) is 14.3 Å². The van der Waals surface area contributed by atoms with E-state index in [0.717, 1.165) is 11.1 Å². The molecule has 0 unspecified atom stereocenters. The lowest BCUT2D eigenvalue weighted by molar-refractivity contribution is 0.0952. The maximum absolute atomic E-state index is 12.6. The fourth-order valence-corrected chi connectivity index (χ4v) is 4.10. The first kappa shape index (κ1) is 20.9. The Kier molecular flexibility index (Phi) is 6.56. The van der Waals surface area contributed by atoms with Crippen LogP contribution in [0.5, 0.6) is 0 Å². The van der Waals surface area contributed by atoms with Gasteiger partial charge in [0.1, 0.15) is 0 Å². The first-order valence-electron chi connectivity index (χ1n) is 9.00. The molecule has 0 saturated heterocycles. The quantitative estimate of drug-likeness (QED) is 0.581. The summed E-state index contributed by atoms with van der Waals surface area (Å²) in [6.07, 6.45) is 0. The average Bonchev–Trinajstić information content (AvgIpc) is 2.69. The number of aryl methyl sites for hydroxylation is 1. The van der Waals surface area contributed by atoms with Crippen LogP contribution in [0.4, 0.5) is 5.69 Å². The van der Waals surface area contributed by atoms with Gasteiger partial charge in [0.25, 0.3) is 5.91 Å². The van der Waals surface area contributed by atoms with Gasteiger partial charge in [0.2, 0.25) is 10.0 Å².